The Bertz CT molecular complexity index is 868. The number of nitrogens with one attached hydrogen (secondary N) is 2. The third-order valence-electron chi connectivity index (χ3n) is 6.57. The summed E-state index contributed by atoms with van der Waals surface area (Å²) in [6.45, 7) is 14.2. The molecule has 1 aromatic heterocycles. The Morgan fingerprint density at radius 3 is 2.66 bits per heavy atom. The first-order chi connectivity index (χ1) is 13.8. The Kier molecular flexibility index (Phi) is 6.59. The molecule has 4 nitrogen and oxygen atoms in total. The number of aromatic nitrogens is 1. The minimum Gasteiger partial charge on any atom is -0.368 e. The van der Waals surface area contributed by atoms with Crippen molar-refractivity contribution in [1.29, 1.82) is 0 Å². The van der Waals surface area contributed by atoms with Gasteiger partial charge < -0.3 is 15.0 Å². The normalized spacial score (nSPS) is 20.5. The number of H-pyrrole nitrogens is 1. The van der Waals surface area contributed by atoms with Gasteiger partial charge in [0.05, 0.1) is 26.8 Å². The predicted octanol–water partition coefficient (Wildman–Crippen LogP) is 5.46. The second-order valence-electron chi connectivity index (χ2n) is 9.57. The van der Waals surface area contributed by atoms with E-state index in [1.807, 2.05) is 0 Å². The molecule has 3 rings (SSSR count). The minimum atomic E-state index is -1.46. The molecule has 0 bridgehead atoms. The van der Waals surface area contributed by atoms with Gasteiger partial charge in [0.1, 0.15) is 5.60 Å². The van der Waals surface area contributed by atoms with E-state index in [1.54, 1.807) is 0 Å². The van der Waals surface area contributed by atoms with Crippen LogP contribution in [0, 0.1) is 0 Å². The van der Waals surface area contributed by atoms with Crippen molar-refractivity contribution >= 4 is 24.9 Å². The summed E-state index contributed by atoms with van der Waals surface area (Å²) in [6, 6.07) is 6.54. The van der Waals surface area contributed by atoms with Crippen LogP contribution in [-0.4, -0.2) is 31.2 Å². The Hall–Kier alpha value is -1.59. The molecule has 0 spiro atoms. The van der Waals surface area contributed by atoms with Crippen molar-refractivity contribution in [2.45, 2.75) is 90.2 Å². The van der Waals surface area contributed by atoms with Crippen LogP contribution in [0.4, 0.5) is 0 Å². The zero-order valence-electron chi connectivity index (χ0n) is 19.1. The number of ether oxygens (including phenoxy) is 1. The van der Waals surface area contributed by atoms with E-state index in [2.05, 4.69) is 68.9 Å². The lowest BCUT2D eigenvalue weighted by molar-refractivity contribution is -0.133. The number of carbonyl (C=O) groups is 1. The molecular weight excluding hydrogens is 376 g/mol. The van der Waals surface area contributed by atoms with Gasteiger partial charge in [-0.2, -0.15) is 0 Å². The molecule has 5 heteroatoms. The number of hydrogen-bond acceptors (Lipinski definition) is 2. The van der Waals surface area contributed by atoms with Gasteiger partial charge in [0.15, 0.2) is 0 Å². The summed E-state index contributed by atoms with van der Waals surface area (Å²) >= 11 is 0. The van der Waals surface area contributed by atoms with Crippen molar-refractivity contribution in [3.8, 4) is 0 Å². The second-order valence-corrected chi connectivity index (χ2v) is 15.0. The second kappa shape index (κ2) is 8.64. The first kappa shape index (κ1) is 22.1. The zero-order chi connectivity index (χ0) is 21.2. The van der Waals surface area contributed by atoms with E-state index in [0.717, 1.165) is 37.8 Å². The average Bonchev–Trinajstić information content (AvgIpc) is 3.07. The number of hydrogen-bond donors (Lipinski definition) is 2. The monoisotopic (exact) mass is 414 g/mol. The summed E-state index contributed by atoms with van der Waals surface area (Å²) in [5.74, 6) is 0.120. The molecule has 2 unspecified atom stereocenters. The van der Waals surface area contributed by atoms with Crippen LogP contribution in [0.3, 0.4) is 0 Å². The molecular formula is C24H38N2O2Si. The molecule has 0 saturated carbocycles. The van der Waals surface area contributed by atoms with Crippen molar-refractivity contribution in [1.82, 2.24) is 10.3 Å². The van der Waals surface area contributed by atoms with E-state index >= 15 is 0 Å². The number of benzene rings is 1. The molecule has 1 aliphatic rings. The van der Waals surface area contributed by atoms with E-state index < -0.39 is 13.7 Å². The number of amides is 1. The standard InChI is InChI=1S/C24H38N2O2Si/c1-7-11-21(29(4,5)6)25-20(27)16-24(9-3)23-19(14-15-28-24)18-13-10-12-17(8-2)22(18)26-23/h10,12-13,21,26H,7-9,11,14-16H2,1-6H3,(H,25,27). The van der Waals surface area contributed by atoms with Crippen LogP contribution in [0.15, 0.2) is 18.2 Å². The average molecular weight is 415 g/mol. The van der Waals surface area contributed by atoms with Crippen molar-refractivity contribution < 1.29 is 9.53 Å². The van der Waals surface area contributed by atoms with Crippen LogP contribution < -0.4 is 5.32 Å². The van der Waals surface area contributed by atoms with Crippen LogP contribution in [0.2, 0.25) is 19.6 Å². The van der Waals surface area contributed by atoms with Crippen molar-refractivity contribution in [3.63, 3.8) is 0 Å². The molecule has 1 amide bonds. The highest BCUT2D eigenvalue weighted by atomic mass is 28.3. The minimum absolute atomic E-state index is 0.120. The molecule has 2 aromatic rings. The largest absolute Gasteiger partial charge is 0.368 e. The summed E-state index contributed by atoms with van der Waals surface area (Å²) in [6.07, 6.45) is 5.21. The summed E-state index contributed by atoms with van der Waals surface area (Å²) in [7, 11) is -1.46. The maximum atomic E-state index is 13.2. The van der Waals surface area contributed by atoms with Gasteiger partial charge >= 0.3 is 0 Å². The van der Waals surface area contributed by atoms with Crippen LogP contribution in [0.1, 0.15) is 63.3 Å². The molecule has 2 atom stereocenters. The van der Waals surface area contributed by atoms with E-state index in [-0.39, 0.29) is 5.91 Å². The lowest BCUT2D eigenvalue weighted by atomic mass is 9.86. The van der Waals surface area contributed by atoms with E-state index in [4.69, 9.17) is 4.74 Å². The van der Waals surface area contributed by atoms with E-state index in [1.165, 1.54) is 22.0 Å². The Morgan fingerprint density at radius 1 is 1.28 bits per heavy atom. The third-order valence-corrected chi connectivity index (χ3v) is 9.09. The topological polar surface area (TPSA) is 54.1 Å². The smallest absolute Gasteiger partial charge is 0.223 e. The molecule has 0 radical (unpaired) electrons. The molecule has 2 heterocycles. The molecule has 0 saturated heterocycles. The Balaban J connectivity index is 1.94. The van der Waals surface area contributed by atoms with Gasteiger partial charge in [0.25, 0.3) is 0 Å². The first-order valence-corrected chi connectivity index (χ1v) is 14.9. The van der Waals surface area contributed by atoms with Crippen molar-refractivity contribution in [2.24, 2.45) is 0 Å². The number of fused-ring (bicyclic) bond motifs is 3. The van der Waals surface area contributed by atoms with Gasteiger partial charge in [-0.05, 0) is 36.8 Å². The number of para-hydroxylation sites is 1. The summed E-state index contributed by atoms with van der Waals surface area (Å²) < 4.78 is 6.36. The lowest BCUT2D eigenvalue weighted by Gasteiger charge is -2.37. The first-order valence-electron chi connectivity index (χ1n) is 11.3. The number of aryl methyl sites for hydroxylation is 1. The van der Waals surface area contributed by atoms with Gasteiger partial charge in [-0.3, -0.25) is 4.79 Å². The predicted molar refractivity (Wildman–Crippen MR) is 124 cm³/mol. The molecule has 1 aliphatic heterocycles. The quantitative estimate of drug-likeness (QED) is 0.564. The molecule has 160 valence electrons. The van der Waals surface area contributed by atoms with Gasteiger partial charge in [-0.15, -0.1) is 0 Å². The Labute approximate surface area is 176 Å². The number of carbonyl (C=O) groups excluding carboxylic acids is 1. The number of aromatic amines is 1. The van der Waals surface area contributed by atoms with Crippen LogP contribution in [0.5, 0.6) is 0 Å². The van der Waals surface area contributed by atoms with Crippen LogP contribution >= 0.6 is 0 Å². The lowest BCUT2D eigenvalue weighted by Crippen LogP contribution is -2.52. The summed E-state index contributed by atoms with van der Waals surface area (Å²) in [5.41, 5.74) is 4.76. The maximum absolute atomic E-state index is 13.2. The maximum Gasteiger partial charge on any atom is 0.223 e. The molecule has 2 N–H and O–H groups in total. The van der Waals surface area contributed by atoms with Crippen molar-refractivity contribution in [3.05, 3.63) is 35.0 Å². The van der Waals surface area contributed by atoms with Gasteiger partial charge in [-0.1, -0.05) is 65.0 Å². The highest BCUT2D eigenvalue weighted by molar-refractivity contribution is 6.77. The fourth-order valence-corrected chi connectivity index (χ4v) is 6.51. The zero-order valence-corrected chi connectivity index (χ0v) is 20.1. The van der Waals surface area contributed by atoms with Gasteiger partial charge in [0.2, 0.25) is 5.91 Å². The van der Waals surface area contributed by atoms with E-state index in [0.29, 0.717) is 18.7 Å². The highest BCUT2D eigenvalue weighted by Crippen LogP contribution is 2.42. The number of rotatable bonds is 8. The fourth-order valence-electron chi connectivity index (χ4n) is 4.76. The summed E-state index contributed by atoms with van der Waals surface area (Å²) in [4.78, 5) is 16.9. The van der Waals surface area contributed by atoms with Gasteiger partial charge in [-0.25, -0.2) is 0 Å². The third kappa shape index (κ3) is 4.31. The Morgan fingerprint density at radius 2 is 2.03 bits per heavy atom. The van der Waals surface area contributed by atoms with Gasteiger partial charge in [0, 0.05) is 16.6 Å². The molecule has 1 aromatic carbocycles. The van der Waals surface area contributed by atoms with Crippen molar-refractivity contribution in [2.75, 3.05) is 6.61 Å². The molecule has 29 heavy (non-hydrogen) atoms. The molecule has 0 aliphatic carbocycles. The van der Waals surface area contributed by atoms with E-state index in [9.17, 15) is 4.79 Å². The fraction of sp³-hybridized carbons (Fsp3) is 0.625. The van der Waals surface area contributed by atoms with Crippen LogP contribution in [-0.2, 0) is 28.0 Å². The van der Waals surface area contributed by atoms with Crippen LogP contribution in [0.25, 0.3) is 10.9 Å². The molecule has 0 fully saturated rings. The highest BCUT2D eigenvalue weighted by Gasteiger charge is 2.41. The summed E-state index contributed by atoms with van der Waals surface area (Å²) in [5, 5.41) is 4.68. The SMILES string of the molecule is CCCC(NC(=O)CC1(CC)OCCc2c1[nH]c1c(CC)cccc21)[Si](C)(C)C.